The van der Waals surface area contributed by atoms with Crippen molar-refractivity contribution in [3.63, 3.8) is 0 Å². The summed E-state index contributed by atoms with van der Waals surface area (Å²) in [7, 11) is 0. The standard InChI is InChI=1S/C7H16N2O.BrH/c1-3-5-8-7(10)9-6-4-2;/h3-6H2,1-2H3,(H2,8,9,10);1H. The van der Waals surface area contributed by atoms with Crippen molar-refractivity contribution in [3.05, 3.63) is 0 Å². The Kier molecular flexibility index (Phi) is 11.8. The molecule has 0 aromatic rings. The maximum Gasteiger partial charge on any atom is 0.314 e. The number of hydrogen-bond donors (Lipinski definition) is 2. The van der Waals surface area contributed by atoms with Gasteiger partial charge in [0.25, 0.3) is 0 Å². The van der Waals surface area contributed by atoms with Crippen molar-refractivity contribution in [2.75, 3.05) is 13.1 Å². The smallest absolute Gasteiger partial charge is 0.314 e. The number of amides is 2. The van der Waals surface area contributed by atoms with Gasteiger partial charge in [-0.1, -0.05) is 13.8 Å². The molecule has 0 aliphatic heterocycles. The molecule has 0 aromatic carbocycles. The van der Waals surface area contributed by atoms with Crippen LogP contribution >= 0.6 is 17.0 Å². The molecule has 0 aliphatic carbocycles. The fraction of sp³-hybridized carbons (Fsp3) is 0.857. The Bertz CT molecular complexity index is 88.4. The molecule has 4 heteroatoms. The largest absolute Gasteiger partial charge is 0.338 e. The fourth-order valence-corrected chi connectivity index (χ4v) is 0.540. The Morgan fingerprint density at radius 2 is 1.45 bits per heavy atom. The number of urea groups is 1. The maximum absolute atomic E-state index is 10.7. The van der Waals surface area contributed by atoms with Crippen LogP contribution in [0.2, 0.25) is 0 Å². The third kappa shape index (κ3) is 9.75. The highest BCUT2D eigenvalue weighted by atomic mass is 79.9. The van der Waals surface area contributed by atoms with Crippen LogP contribution < -0.4 is 10.6 Å². The molecule has 0 bridgehead atoms. The first-order chi connectivity index (χ1) is 4.81. The first-order valence-corrected chi connectivity index (χ1v) is 3.83. The van der Waals surface area contributed by atoms with Gasteiger partial charge < -0.3 is 10.6 Å². The molecule has 0 unspecified atom stereocenters. The van der Waals surface area contributed by atoms with Gasteiger partial charge in [0.2, 0.25) is 0 Å². The highest BCUT2D eigenvalue weighted by Gasteiger charge is 1.93. The minimum absolute atomic E-state index is 0. The Hall–Kier alpha value is -0.250. The zero-order valence-corrected chi connectivity index (χ0v) is 8.86. The second-order valence-corrected chi connectivity index (χ2v) is 2.18. The summed E-state index contributed by atoms with van der Waals surface area (Å²) < 4.78 is 0. The highest BCUT2D eigenvalue weighted by molar-refractivity contribution is 8.93. The SMILES string of the molecule is Br.CCCNC(=O)NCCC. The first kappa shape index (κ1) is 13.3. The predicted octanol–water partition coefficient (Wildman–Crippen LogP) is 1.68. The van der Waals surface area contributed by atoms with E-state index >= 15 is 0 Å². The molecule has 2 amide bonds. The van der Waals surface area contributed by atoms with Crippen molar-refractivity contribution < 1.29 is 4.79 Å². The minimum Gasteiger partial charge on any atom is -0.338 e. The monoisotopic (exact) mass is 224 g/mol. The summed E-state index contributed by atoms with van der Waals surface area (Å²) in [5.41, 5.74) is 0. The van der Waals surface area contributed by atoms with Crippen LogP contribution in [0.1, 0.15) is 26.7 Å². The van der Waals surface area contributed by atoms with Gasteiger partial charge in [-0.2, -0.15) is 0 Å². The van der Waals surface area contributed by atoms with Crippen molar-refractivity contribution in [1.29, 1.82) is 0 Å². The average molecular weight is 225 g/mol. The number of halogens is 1. The molecule has 0 spiro atoms. The summed E-state index contributed by atoms with van der Waals surface area (Å²) in [6.07, 6.45) is 1.97. The van der Waals surface area contributed by atoms with E-state index in [1.807, 2.05) is 13.8 Å². The highest BCUT2D eigenvalue weighted by Crippen LogP contribution is 1.72. The van der Waals surface area contributed by atoms with Crippen LogP contribution in [0.3, 0.4) is 0 Å². The van der Waals surface area contributed by atoms with E-state index < -0.39 is 0 Å². The summed E-state index contributed by atoms with van der Waals surface area (Å²) >= 11 is 0. The molecular formula is C7H17BrN2O. The number of rotatable bonds is 4. The lowest BCUT2D eigenvalue weighted by atomic mass is 10.5. The Morgan fingerprint density at radius 3 is 1.73 bits per heavy atom. The second kappa shape index (κ2) is 9.75. The summed E-state index contributed by atoms with van der Waals surface area (Å²) in [6.45, 7) is 5.57. The quantitative estimate of drug-likeness (QED) is 0.750. The molecule has 0 radical (unpaired) electrons. The molecule has 0 rings (SSSR count). The van der Waals surface area contributed by atoms with Gasteiger partial charge in [-0.3, -0.25) is 0 Å². The van der Waals surface area contributed by atoms with E-state index in [0.717, 1.165) is 25.9 Å². The predicted molar refractivity (Wildman–Crippen MR) is 52.3 cm³/mol. The van der Waals surface area contributed by atoms with Crippen LogP contribution in [-0.4, -0.2) is 19.1 Å². The molecule has 0 fully saturated rings. The molecule has 0 aliphatic rings. The van der Waals surface area contributed by atoms with Crippen LogP contribution in [0.15, 0.2) is 0 Å². The van der Waals surface area contributed by atoms with E-state index in [9.17, 15) is 4.79 Å². The minimum atomic E-state index is -0.0521. The molecule has 0 heterocycles. The molecule has 11 heavy (non-hydrogen) atoms. The van der Waals surface area contributed by atoms with Gasteiger partial charge in [0, 0.05) is 13.1 Å². The van der Waals surface area contributed by atoms with Crippen molar-refractivity contribution in [2.24, 2.45) is 0 Å². The van der Waals surface area contributed by atoms with E-state index in [1.165, 1.54) is 0 Å². The van der Waals surface area contributed by atoms with Gasteiger partial charge in [-0.15, -0.1) is 17.0 Å². The van der Waals surface area contributed by atoms with Crippen molar-refractivity contribution in [1.82, 2.24) is 10.6 Å². The molecule has 0 saturated carbocycles. The van der Waals surface area contributed by atoms with Gasteiger partial charge in [-0.25, -0.2) is 4.79 Å². The topological polar surface area (TPSA) is 41.1 Å². The van der Waals surface area contributed by atoms with E-state index in [-0.39, 0.29) is 23.0 Å². The molecule has 0 saturated heterocycles. The van der Waals surface area contributed by atoms with Gasteiger partial charge in [0.05, 0.1) is 0 Å². The van der Waals surface area contributed by atoms with Crippen LogP contribution in [-0.2, 0) is 0 Å². The Balaban J connectivity index is 0. The Labute approximate surface area is 78.7 Å². The lowest BCUT2D eigenvalue weighted by Gasteiger charge is -2.03. The van der Waals surface area contributed by atoms with Gasteiger partial charge >= 0.3 is 6.03 Å². The van der Waals surface area contributed by atoms with Crippen LogP contribution in [0.4, 0.5) is 4.79 Å². The van der Waals surface area contributed by atoms with E-state index in [2.05, 4.69) is 10.6 Å². The Morgan fingerprint density at radius 1 is 1.09 bits per heavy atom. The normalized spacial score (nSPS) is 8.18. The fourth-order valence-electron chi connectivity index (χ4n) is 0.540. The van der Waals surface area contributed by atoms with E-state index in [1.54, 1.807) is 0 Å². The van der Waals surface area contributed by atoms with Crippen molar-refractivity contribution >= 4 is 23.0 Å². The molecule has 0 aromatic heterocycles. The first-order valence-electron chi connectivity index (χ1n) is 3.83. The van der Waals surface area contributed by atoms with Gasteiger partial charge in [0.15, 0.2) is 0 Å². The average Bonchev–Trinajstić information content (AvgIpc) is 1.97. The third-order valence-corrected chi connectivity index (χ3v) is 1.07. The third-order valence-electron chi connectivity index (χ3n) is 1.07. The molecule has 3 nitrogen and oxygen atoms in total. The lowest BCUT2D eigenvalue weighted by Crippen LogP contribution is -2.36. The van der Waals surface area contributed by atoms with Crippen LogP contribution in [0.5, 0.6) is 0 Å². The number of nitrogens with one attached hydrogen (secondary N) is 2. The molecule has 68 valence electrons. The summed E-state index contributed by atoms with van der Waals surface area (Å²) in [5, 5.41) is 5.43. The molecule has 0 atom stereocenters. The maximum atomic E-state index is 10.7. The zero-order chi connectivity index (χ0) is 7.82. The summed E-state index contributed by atoms with van der Waals surface area (Å²) in [5.74, 6) is 0. The molecular weight excluding hydrogens is 208 g/mol. The van der Waals surface area contributed by atoms with Gasteiger partial charge in [0.1, 0.15) is 0 Å². The van der Waals surface area contributed by atoms with E-state index in [4.69, 9.17) is 0 Å². The molecule has 2 N–H and O–H groups in total. The second-order valence-electron chi connectivity index (χ2n) is 2.18. The number of carbonyl (C=O) groups is 1. The van der Waals surface area contributed by atoms with Gasteiger partial charge in [-0.05, 0) is 12.8 Å². The lowest BCUT2D eigenvalue weighted by molar-refractivity contribution is 0.241. The summed E-state index contributed by atoms with van der Waals surface area (Å²) in [6, 6.07) is -0.0521. The number of hydrogen-bond acceptors (Lipinski definition) is 1. The van der Waals surface area contributed by atoms with Crippen LogP contribution in [0.25, 0.3) is 0 Å². The zero-order valence-electron chi connectivity index (χ0n) is 7.14. The van der Waals surface area contributed by atoms with Crippen molar-refractivity contribution in [2.45, 2.75) is 26.7 Å². The van der Waals surface area contributed by atoms with E-state index in [0.29, 0.717) is 0 Å². The van der Waals surface area contributed by atoms with Crippen LogP contribution in [0, 0.1) is 0 Å². The summed E-state index contributed by atoms with van der Waals surface area (Å²) in [4.78, 5) is 10.7. The number of carbonyl (C=O) groups excluding carboxylic acids is 1. The van der Waals surface area contributed by atoms with Crippen molar-refractivity contribution in [3.8, 4) is 0 Å².